The van der Waals surface area contributed by atoms with Gasteiger partial charge in [-0.3, -0.25) is 0 Å². The van der Waals surface area contributed by atoms with E-state index in [9.17, 15) is 0 Å². The Kier molecular flexibility index (Phi) is 4.99. The van der Waals surface area contributed by atoms with Crippen LogP contribution in [0.2, 0.25) is 5.02 Å². The Balaban J connectivity index is 1.54. The van der Waals surface area contributed by atoms with Crippen LogP contribution in [0.3, 0.4) is 0 Å². The number of piperidine rings is 1. The average molecular weight is 309 g/mol. The Morgan fingerprint density at radius 3 is 2.71 bits per heavy atom. The highest BCUT2D eigenvalue weighted by molar-refractivity contribution is 6.30. The number of nitrogens with zero attached hydrogens (tertiary/aromatic N) is 4. The van der Waals surface area contributed by atoms with Crippen LogP contribution in [0.1, 0.15) is 12.8 Å². The maximum atomic E-state index is 5.93. The molecular formula is C16H25ClN4. The number of halogens is 1. The molecule has 1 aromatic rings. The van der Waals surface area contributed by atoms with Crippen LogP contribution >= 0.6 is 11.6 Å². The van der Waals surface area contributed by atoms with Crippen LogP contribution in [0.4, 0.5) is 5.82 Å². The predicted octanol–water partition coefficient (Wildman–Crippen LogP) is 2.20. The van der Waals surface area contributed by atoms with Crippen molar-refractivity contribution >= 4 is 17.4 Å². The largest absolute Gasteiger partial charge is 0.356 e. The molecule has 2 aliphatic heterocycles. The Morgan fingerprint density at radius 2 is 2.00 bits per heavy atom. The number of hydrogen-bond acceptors (Lipinski definition) is 4. The summed E-state index contributed by atoms with van der Waals surface area (Å²) in [6, 6.07) is 3.98. The van der Waals surface area contributed by atoms with Crippen molar-refractivity contribution in [3.63, 3.8) is 0 Å². The molecule has 3 heterocycles. The number of rotatable bonds is 3. The molecule has 4 nitrogen and oxygen atoms in total. The van der Waals surface area contributed by atoms with Crippen LogP contribution in [0.15, 0.2) is 18.3 Å². The van der Waals surface area contributed by atoms with E-state index in [1.165, 1.54) is 45.6 Å². The van der Waals surface area contributed by atoms with Crippen LogP contribution in [0, 0.1) is 5.92 Å². The molecule has 2 aliphatic rings. The third kappa shape index (κ3) is 4.09. The first-order chi connectivity index (χ1) is 10.2. The van der Waals surface area contributed by atoms with Gasteiger partial charge in [-0.2, -0.15) is 0 Å². The predicted molar refractivity (Wildman–Crippen MR) is 88.1 cm³/mol. The number of anilines is 1. The van der Waals surface area contributed by atoms with E-state index < -0.39 is 0 Å². The highest BCUT2D eigenvalue weighted by atomic mass is 35.5. The van der Waals surface area contributed by atoms with Crippen LogP contribution < -0.4 is 4.90 Å². The molecule has 0 bridgehead atoms. The monoisotopic (exact) mass is 308 g/mol. The summed E-state index contributed by atoms with van der Waals surface area (Å²) in [5, 5.41) is 0.713. The van der Waals surface area contributed by atoms with Crippen LogP contribution in [-0.2, 0) is 0 Å². The van der Waals surface area contributed by atoms with Gasteiger partial charge >= 0.3 is 0 Å². The lowest BCUT2D eigenvalue weighted by Gasteiger charge is -2.38. The summed E-state index contributed by atoms with van der Waals surface area (Å²) in [5.74, 6) is 1.84. The molecule has 0 spiro atoms. The van der Waals surface area contributed by atoms with E-state index in [4.69, 9.17) is 11.6 Å². The Bertz CT molecular complexity index is 442. The smallest absolute Gasteiger partial charge is 0.128 e. The standard InChI is InChI=1S/C16H25ClN4/c1-19-7-9-20(10-8-19)12-14-3-2-6-21(13-14)16-5-4-15(17)11-18-16/h4-5,11,14H,2-3,6-10,12-13H2,1H3/t14-/m1/s1. The van der Waals surface area contributed by atoms with Crippen molar-refractivity contribution in [2.75, 3.05) is 57.8 Å². The topological polar surface area (TPSA) is 22.6 Å². The Morgan fingerprint density at radius 1 is 1.19 bits per heavy atom. The van der Waals surface area contributed by atoms with Gasteiger partial charge in [0.2, 0.25) is 0 Å². The lowest BCUT2D eigenvalue weighted by molar-refractivity contribution is 0.131. The number of hydrogen-bond donors (Lipinski definition) is 0. The second kappa shape index (κ2) is 6.95. The van der Waals surface area contributed by atoms with Gasteiger partial charge in [-0.05, 0) is 37.9 Å². The van der Waals surface area contributed by atoms with E-state index in [0.29, 0.717) is 5.02 Å². The van der Waals surface area contributed by atoms with Gasteiger partial charge in [0.05, 0.1) is 5.02 Å². The molecule has 0 saturated carbocycles. The third-order valence-electron chi connectivity index (χ3n) is 4.67. The highest BCUT2D eigenvalue weighted by Gasteiger charge is 2.24. The van der Waals surface area contributed by atoms with Crippen molar-refractivity contribution in [2.24, 2.45) is 5.92 Å². The summed E-state index contributed by atoms with van der Waals surface area (Å²) in [4.78, 5) is 11.9. The molecule has 116 valence electrons. The van der Waals surface area contributed by atoms with E-state index in [1.807, 2.05) is 12.1 Å². The van der Waals surface area contributed by atoms with Crippen LogP contribution in [0.25, 0.3) is 0 Å². The number of pyridine rings is 1. The SMILES string of the molecule is CN1CCN(C[C@H]2CCCN(c3ccc(Cl)cn3)C2)CC1. The minimum atomic E-state index is 0.713. The minimum Gasteiger partial charge on any atom is -0.356 e. The summed E-state index contributed by atoms with van der Waals surface area (Å²) in [5.41, 5.74) is 0. The van der Waals surface area contributed by atoms with Crippen molar-refractivity contribution < 1.29 is 0 Å². The van der Waals surface area contributed by atoms with Gasteiger partial charge in [-0.1, -0.05) is 11.6 Å². The molecular weight excluding hydrogens is 284 g/mol. The molecule has 2 fully saturated rings. The summed E-state index contributed by atoms with van der Waals surface area (Å²) in [6.45, 7) is 8.31. The van der Waals surface area contributed by atoms with Gasteiger partial charge in [-0.25, -0.2) is 4.98 Å². The summed E-state index contributed by atoms with van der Waals surface area (Å²) < 4.78 is 0. The normalized spacial score (nSPS) is 25.2. The van der Waals surface area contributed by atoms with E-state index in [0.717, 1.165) is 24.8 Å². The van der Waals surface area contributed by atoms with Crippen molar-refractivity contribution in [1.82, 2.24) is 14.8 Å². The first-order valence-electron chi connectivity index (χ1n) is 7.98. The molecule has 0 amide bonds. The van der Waals surface area contributed by atoms with Gasteiger partial charge in [-0.15, -0.1) is 0 Å². The number of piperazine rings is 1. The molecule has 21 heavy (non-hydrogen) atoms. The molecule has 1 atom stereocenters. The first kappa shape index (κ1) is 15.1. The minimum absolute atomic E-state index is 0.713. The number of aromatic nitrogens is 1. The van der Waals surface area contributed by atoms with E-state index in [1.54, 1.807) is 6.20 Å². The first-order valence-corrected chi connectivity index (χ1v) is 8.36. The lowest BCUT2D eigenvalue weighted by atomic mass is 9.97. The quantitative estimate of drug-likeness (QED) is 0.854. The van der Waals surface area contributed by atoms with Gasteiger partial charge in [0, 0.05) is 52.0 Å². The molecule has 2 saturated heterocycles. The second-order valence-corrected chi connectivity index (χ2v) is 6.83. The zero-order valence-corrected chi connectivity index (χ0v) is 13.6. The van der Waals surface area contributed by atoms with Crippen molar-refractivity contribution in [3.8, 4) is 0 Å². The molecule has 1 aromatic heterocycles. The zero-order chi connectivity index (χ0) is 14.7. The molecule has 5 heteroatoms. The van der Waals surface area contributed by atoms with Crippen molar-refractivity contribution in [1.29, 1.82) is 0 Å². The van der Waals surface area contributed by atoms with E-state index in [2.05, 4.69) is 26.7 Å². The maximum absolute atomic E-state index is 5.93. The highest BCUT2D eigenvalue weighted by Crippen LogP contribution is 2.23. The average Bonchev–Trinajstić information content (AvgIpc) is 2.51. The Hall–Kier alpha value is -0.840. The van der Waals surface area contributed by atoms with Gasteiger partial charge in [0.1, 0.15) is 5.82 Å². The maximum Gasteiger partial charge on any atom is 0.128 e. The van der Waals surface area contributed by atoms with Gasteiger partial charge < -0.3 is 14.7 Å². The van der Waals surface area contributed by atoms with Gasteiger partial charge in [0.15, 0.2) is 0 Å². The van der Waals surface area contributed by atoms with Crippen molar-refractivity contribution in [2.45, 2.75) is 12.8 Å². The summed E-state index contributed by atoms with van der Waals surface area (Å²) in [6.07, 6.45) is 4.36. The molecule has 3 rings (SSSR count). The fourth-order valence-electron chi connectivity index (χ4n) is 3.37. The van der Waals surface area contributed by atoms with Crippen LogP contribution in [0.5, 0.6) is 0 Å². The van der Waals surface area contributed by atoms with E-state index in [-0.39, 0.29) is 0 Å². The third-order valence-corrected chi connectivity index (χ3v) is 4.89. The van der Waals surface area contributed by atoms with Crippen LogP contribution in [-0.4, -0.2) is 67.6 Å². The summed E-state index contributed by atoms with van der Waals surface area (Å²) >= 11 is 5.93. The van der Waals surface area contributed by atoms with E-state index >= 15 is 0 Å². The fourth-order valence-corrected chi connectivity index (χ4v) is 3.48. The molecule has 0 aromatic carbocycles. The zero-order valence-electron chi connectivity index (χ0n) is 12.8. The van der Waals surface area contributed by atoms with Crippen molar-refractivity contribution in [3.05, 3.63) is 23.4 Å². The fraction of sp³-hybridized carbons (Fsp3) is 0.688. The summed E-state index contributed by atoms with van der Waals surface area (Å²) in [7, 11) is 2.21. The molecule has 0 radical (unpaired) electrons. The lowest BCUT2D eigenvalue weighted by Crippen LogP contribution is -2.48. The van der Waals surface area contributed by atoms with Gasteiger partial charge in [0.25, 0.3) is 0 Å². The Labute approximate surface area is 132 Å². The molecule has 0 unspecified atom stereocenters. The number of likely N-dealkylation sites (N-methyl/N-ethyl adjacent to an activating group) is 1. The molecule has 0 N–H and O–H groups in total. The second-order valence-electron chi connectivity index (χ2n) is 6.39. The molecule has 0 aliphatic carbocycles.